The summed E-state index contributed by atoms with van der Waals surface area (Å²) >= 11 is 3.75. The Morgan fingerprint density at radius 3 is 2.50 bits per heavy atom. The molecule has 1 heterocycles. The molecule has 1 aromatic carbocycles. The second kappa shape index (κ2) is 6.95. The van der Waals surface area contributed by atoms with Crippen molar-refractivity contribution >= 4 is 21.6 Å². The van der Waals surface area contributed by atoms with E-state index >= 15 is 0 Å². The Hall–Kier alpha value is -0.540. The van der Waals surface area contributed by atoms with Crippen molar-refractivity contribution in [1.82, 2.24) is 0 Å². The zero-order chi connectivity index (χ0) is 14.7. The second-order valence-electron chi connectivity index (χ2n) is 6.51. The van der Waals surface area contributed by atoms with Gasteiger partial charge in [-0.05, 0) is 64.7 Å². The summed E-state index contributed by atoms with van der Waals surface area (Å²) in [5.41, 5.74) is 8.70. The van der Waals surface area contributed by atoms with Crippen LogP contribution in [0.15, 0.2) is 22.7 Å². The molecule has 112 valence electrons. The number of hydrogen-bond donors (Lipinski definition) is 1. The standard InChI is InChI=1S/C17H27BrN2/c1-4-15(19)8-14-5-6-17(16(18)9-14)20-10-12(2)7-13(3)11-20/h5-6,9,12-13,15H,4,7-8,10-11,19H2,1-3H3. The Morgan fingerprint density at radius 2 is 1.95 bits per heavy atom. The Kier molecular flexibility index (Phi) is 5.50. The fraction of sp³-hybridized carbons (Fsp3) is 0.647. The molecule has 0 saturated carbocycles. The van der Waals surface area contributed by atoms with Crippen LogP contribution in [0, 0.1) is 11.8 Å². The molecule has 3 heteroatoms. The Bertz CT molecular complexity index is 437. The van der Waals surface area contributed by atoms with E-state index in [2.05, 4.69) is 59.8 Å². The van der Waals surface area contributed by atoms with Crippen LogP contribution in [0.4, 0.5) is 5.69 Å². The quantitative estimate of drug-likeness (QED) is 0.890. The lowest BCUT2D eigenvalue weighted by atomic mass is 9.91. The van der Waals surface area contributed by atoms with Gasteiger partial charge in [-0.3, -0.25) is 0 Å². The van der Waals surface area contributed by atoms with Gasteiger partial charge in [-0.15, -0.1) is 0 Å². The minimum absolute atomic E-state index is 0.266. The maximum atomic E-state index is 6.05. The number of nitrogens with zero attached hydrogens (tertiary/aromatic N) is 1. The van der Waals surface area contributed by atoms with Gasteiger partial charge in [0.2, 0.25) is 0 Å². The summed E-state index contributed by atoms with van der Waals surface area (Å²) in [6, 6.07) is 7.00. The molecule has 0 aromatic heterocycles. The van der Waals surface area contributed by atoms with E-state index in [4.69, 9.17) is 5.73 Å². The van der Waals surface area contributed by atoms with Gasteiger partial charge in [-0.1, -0.05) is 26.8 Å². The lowest BCUT2D eigenvalue weighted by molar-refractivity contribution is 0.356. The highest BCUT2D eigenvalue weighted by atomic mass is 79.9. The van der Waals surface area contributed by atoms with E-state index < -0.39 is 0 Å². The predicted molar refractivity (Wildman–Crippen MR) is 91.3 cm³/mol. The van der Waals surface area contributed by atoms with Crippen molar-refractivity contribution in [3.05, 3.63) is 28.2 Å². The van der Waals surface area contributed by atoms with Crippen LogP contribution in [-0.2, 0) is 6.42 Å². The number of halogens is 1. The molecule has 2 rings (SSSR count). The van der Waals surface area contributed by atoms with Crippen molar-refractivity contribution in [2.75, 3.05) is 18.0 Å². The smallest absolute Gasteiger partial charge is 0.0511 e. The van der Waals surface area contributed by atoms with E-state index in [1.165, 1.54) is 22.1 Å². The molecule has 1 fully saturated rings. The predicted octanol–water partition coefficient (Wildman–Crippen LogP) is 4.21. The van der Waals surface area contributed by atoms with Crippen LogP contribution >= 0.6 is 15.9 Å². The fourth-order valence-electron chi connectivity index (χ4n) is 3.24. The zero-order valence-electron chi connectivity index (χ0n) is 12.9. The van der Waals surface area contributed by atoms with Crippen LogP contribution in [-0.4, -0.2) is 19.1 Å². The van der Waals surface area contributed by atoms with E-state index in [1.807, 2.05) is 0 Å². The van der Waals surface area contributed by atoms with Crippen LogP contribution in [0.25, 0.3) is 0 Å². The molecule has 2 N–H and O–H groups in total. The average molecular weight is 339 g/mol. The molecule has 1 aliphatic heterocycles. The van der Waals surface area contributed by atoms with Gasteiger partial charge in [0.1, 0.15) is 0 Å². The molecule has 20 heavy (non-hydrogen) atoms. The van der Waals surface area contributed by atoms with Crippen molar-refractivity contribution < 1.29 is 0 Å². The Morgan fingerprint density at radius 1 is 1.30 bits per heavy atom. The van der Waals surface area contributed by atoms with Crippen LogP contribution in [0.1, 0.15) is 39.2 Å². The van der Waals surface area contributed by atoms with Gasteiger partial charge >= 0.3 is 0 Å². The van der Waals surface area contributed by atoms with Crippen molar-refractivity contribution in [2.45, 2.75) is 46.1 Å². The first-order chi connectivity index (χ1) is 9.49. The molecule has 0 amide bonds. The summed E-state index contributed by atoms with van der Waals surface area (Å²) in [6.45, 7) is 9.18. The van der Waals surface area contributed by atoms with Crippen molar-refractivity contribution in [3.8, 4) is 0 Å². The molecule has 3 unspecified atom stereocenters. The third-order valence-corrected chi connectivity index (χ3v) is 4.88. The summed E-state index contributed by atoms with van der Waals surface area (Å²) in [5.74, 6) is 1.55. The SMILES string of the molecule is CCC(N)Cc1ccc(N2CC(C)CC(C)C2)c(Br)c1. The molecule has 0 aliphatic carbocycles. The molecule has 3 atom stereocenters. The summed E-state index contributed by atoms with van der Waals surface area (Å²) < 4.78 is 1.21. The van der Waals surface area contributed by atoms with Gasteiger partial charge in [0.15, 0.2) is 0 Å². The number of benzene rings is 1. The molecule has 1 saturated heterocycles. The molecule has 0 radical (unpaired) electrons. The minimum atomic E-state index is 0.266. The van der Waals surface area contributed by atoms with Gasteiger partial charge < -0.3 is 10.6 Å². The number of anilines is 1. The average Bonchev–Trinajstić information content (AvgIpc) is 2.37. The van der Waals surface area contributed by atoms with Gasteiger partial charge in [0.25, 0.3) is 0 Å². The molecular weight excluding hydrogens is 312 g/mol. The highest BCUT2D eigenvalue weighted by Crippen LogP contribution is 2.32. The normalized spacial score (nSPS) is 24.8. The van der Waals surface area contributed by atoms with E-state index in [0.717, 1.165) is 37.8 Å². The van der Waals surface area contributed by atoms with Crippen molar-refractivity contribution in [1.29, 1.82) is 0 Å². The van der Waals surface area contributed by atoms with E-state index in [0.29, 0.717) is 0 Å². The first-order valence-electron chi connectivity index (χ1n) is 7.78. The van der Waals surface area contributed by atoms with Gasteiger partial charge in [0, 0.05) is 23.6 Å². The summed E-state index contributed by atoms with van der Waals surface area (Å²) in [6.07, 6.45) is 3.33. The lowest BCUT2D eigenvalue weighted by Gasteiger charge is -2.37. The van der Waals surface area contributed by atoms with Crippen LogP contribution < -0.4 is 10.6 Å². The minimum Gasteiger partial charge on any atom is -0.370 e. The van der Waals surface area contributed by atoms with Crippen LogP contribution in [0.3, 0.4) is 0 Å². The van der Waals surface area contributed by atoms with Gasteiger partial charge in [-0.2, -0.15) is 0 Å². The molecule has 1 aliphatic rings. The summed E-state index contributed by atoms with van der Waals surface area (Å²) in [7, 11) is 0. The number of hydrogen-bond acceptors (Lipinski definition) is 2. The summed E-state index contributed by atoms with van der Waals surface area (Å²) in [5, 5.41) is 0. The molecule has 0 bridgehead atoms. The summed E-state index contributed by atoms with van der Waals surface area (Å²) in [4.78, 5) is 2.52. The van der Waals surface area contributed by atoms with Gasteiger partial charge in [0.05, 0.1) is 5.69 Å². The van der Waals surface area contributed by atoms with Crippen molar-refractivity contribution in [3.63, 3.8) is 0 Å². The maximum absolute atomic E-state index is 6.05. The first kappa shape index (κ1) is 15.8. The van der Waals surface area contributed by atoms with E-state index in [1.54, 1.807) is 0 Å². The third-order valence-electron chi connectivity index (χ3n) is 4.24. The van der Waals surface area contributed by atoms with Crippen LogP contribution in [0.2, 0.25) is 0 Å². The van der Waals surface area contributed by atoms with Crippen molar-refractivity contribution in [2.24, 2.45) is 17.6 Å². The molecule has 0 spiro atoms. The number of rotatable bonds is 4. The zero-order valence-corrected chi connectivity index (χ0v) is 14.5. The third kappa shape index (κ3) is 3.98. The topological polar surface area (TPSA) is 29.3 Å². The fourth-order valence-corrected chi connectivity index (χ4v) is 3.92. The largest absolute Gasteiger partial charge is 0.370 e. The lowest BCUT2D eigenvalue weighted by Crippen LogP contribution is -2.38. The van der Waals surface area contributed by atoms with Gasteiger partial charge in [-0.25, -0.2) is 0 Å². The number of piperidine rings is 1. The second-order valence-corrected chi connectivity index (χ2v) is 7.36. The highest BCUT2D eigenvalue weighted by Gasteiger charge is 2.23. The first-order valence-corrected chi connectivity index (χ1v) is 8.57. The molecule has 1 aromatic rings. The highest BCUT2D eigenvalue weighted by molar-refractivity contribution is 9.10. The number of nitrogens with two attached hydrogens (primary N) is 1. The Labute approximate surface area is 131 Å². The molecular formula is C17H27BrN2. The maximum Gasteiger partial charge on any atom is 0.0511 e. The van der Waals surface area contributed by atoms with E-state index in [-0.39, 0.29) is 6.04 Å². The van der Waals surface area contributed by atoms with E-state index in [9.17, 15) is 0 Å². The Balaban J connectivity index is 2.13. The monoisotopic (exact) mass is 338 g/mol. The van der Waals surface area contributed by atoms with Crippen LogP contribution in [0.5, 0.6) is 0 Å². The molecule has 2 nitrogen and oxygen atoms in total.